The molecule has 0 aliphatic carbocycles. The Bertz CT molecular complexity index is 929. The molecule has 1 aromatic heterocycles. The summed E-state index contributed by atoms with van der Waals surface area (Å²) in [5.74, 6) is -0.437. The number of carbonyl (C=O) groups is 2. The van der Waals surface area contributed by atoms with Gasteiger partial charge in [-0.05, 0) is 51.8 Å². The Hall–Kier alpha value is -2.99. The van der Waals surface area contributed by atoms with Crippen molar-refractivity contribution in [1.29, 1.82) is 0 Å². The van der Waals surface area contributed by atoms with Crippen LogP contribution >= 0.6 is 15.9 Å². The molecule has 0 aliphatic heterocycles. The molecule has 1 heterocycles. The summed E-state index contributed by atoms with van der Waals surface area (Å²) in [6.45, 7) is 0.292. The van der Waals surface area contributed by atoms with Crippen LogP contribution in [0.2, 0.25) is 0 Å². The number of anilines is 1. The number of nitrogens with zero attached hydrogens (tertiary/aromatic N) is 1. The number of hydrogen-bond donors (Lipinski definition) is 2. The lowest BCUT2D eigenvalue weighted by atomic mass is 10.1. The molecule has 6 heteroatoms. The first-order valence-electron chi connectivity index (χ1n) is 7.97. The molecule has 0 saturated carbocycles. The number of halogens is 1. The number of amides is 2. The Morgan fingerprint density at radius 1 is 0.923 bits per heavy atom. The van der Waals surface area contributed by atoms with E-state index in [9.17, 15) is 9.59 Å². The van der Waals surface area contributed by atoms with Gasteiger partial charge in [0.2, 0.25) is 0 Å². The summed E-state index contributed by atoms with van der Waals surface area (Å²) >= 11 is 3.38. The average Bonchev–Trinajstić information content (AvgIpc) is 2.68. The monoisotopic (exact) mass is 409 g/mol. The summed E-state index contributed by atoms with van der Waals surface area (Å²) < 4.78 is 0.722. The van der Waals surface area contributed by atoms with Gasteiger partial charge in [-0.15, -0.1) is 0 Å². The minimum atomic E-state index is -0.219. The maximum Gasteiger partial charge on any atom is 0.256 e. The van der Waals surface area contributed by atoms with E-state index in [1.54, 1.807) is 36.5 Å². The number of nitrogens with one attached hydrogen (secondary N) is 2. The van der Waals surface area contributed by atoms with Crippen LogP contribution in [-0.2, 0) is 6.54 Å². The van der Waals surface area contributed by atoms with Gasteiger partial charge in [0.15, 0.2) is 0 Å². The van der Waals surface area contributed by atoms with Crippen LogP contribution in [0.5, 0.6) is 0 Å². The van der Waals surface area contributed by atoms with E-state index in [1.807, 2.05) is 30.3 Å². The van der Waals surface area contributed by atoms with Gasteiger partial charge in [-0.2, -0.15) is 0 Å². The predicted octanol–water partition coefficient (Wildman–Crippen LogP) is 4.03. The van der Waals surface area contributed by atoms with Gasteiger partial charge in [0.05, 0.1) is 11.1 Å². The van der Waals surface area contributed by atoms with Gasteiger partial charge in [-0.1, -0.05) is 30.3 Å². The summed E-state index contributed by atoms with van der Waals surface area (Å²) in [5, 5.41) is 5.74. The van der Waals surface area contributed by atoms with Crippen LogP contribution in [0, 0.1) is 0 Å². The first kappa shape index (κ1) is 17.8. The highest BCUT2D eigenvalue weighted by atomic mass is 79.9. The minimum absolute atomic E-state index is 0.218. The van der Waals surface area contributed by atoms with Crippen molar-refractivity contribution in [2.75, 3.05) is 5.32 Å². The molecule has 2 amide bonds. The SMILES string of the molecule is O=C(NCc1ccccc1NC(=O)c1ccccc1Br)c1cccnc1. The van der Waals surface area contributed by atoms with E-state index in [0.717, 1.165) is 10.0 Å². The summed E-state index contributed by atoms with van der Waals surface area (Å²) in [7, 11) is 0. The van der Waals surface area contributed by atoms with Gasteiger partial charge in [-0.25, -0.2) is 0 Å². The van der Waals surface area contributed by atoms with Crippen molar-refractivity contribution in [3.8, 4) is 0 Å². The van der Waals surface area contributed by atoms with Crippen molar-refractivity contribution >= 4 is 33.4 Å². The topological polar surface area (TPSA) is 71.1 Å². The molecule has 3 rings (SSSR count). The molecular formula is C20H16BrN3O2. The van der Waals surface area contributed by atoms with Crippen molar-refractivity contribution in [2.45, 2.75) is 6.54 Å². The molecule has 0 unspecified atom stereocenters. The van der Waals surface area contributed by atoms with E-state index < -0.39 is 0 Å². The number of hydrogen-bond acceptors (Lipinski definition) is 3. The molecule has 0 aliphatic rings. The van der Waals surface area contributed by atoms with Gasteiger partial charge in [0.25, 0.3) is 11.8 Å². The molecule has 0 bridgehead atoms. The van der Waals surface area contributed by atoms with E-state index >= 15 is 0 Å². The van der Waals surface area contributed by atoms with Crippen LogP contribution in [0.4, 0.5) is 5.69 Å². The van der Waals surface area contributed by atoms with Gasteiger partial charge < -0.3 is 10.6 Å². The lowest BCUT2D eigenvalue weighted by Crippen LogP contribution is -2.24. The third kappa shape index (κ3) is 4.34. The number of rotatable bonds is 5. The van der Waals surface area contributed by atoms with E-state index in [2.05, 4.69) is 31.5 Å². The van der Waals surface area contributed by atoms with Crippen molar-refractivity contribution in [3.05, 3.63) is 94.2 Å². The third-order valence-electron chi connectivity index (χ3n) is 3.75. The Balaban J connectivity index is 1.71. The number of carbonyl (C=O) groups excluding carboxylic acids is 2. The van der Waals surface area contributed by atoms with Crippen molar-refractivity contribution in [2.24, 2.45) is 0 Å². The number of aromatic nitrogens is 1. The van der Waals surface area contributed by atoms with Crippen molar-refractivity contribution in [3.63, 3.8) is 0 Å². The van der Waals surface area contributed by atoms with E-state index in [0.29, 0.717) is 23.4 Å². The normalized spacial score (nSPS) is 10.2. The number of benzene rings is 2. The molecule has 5 nitrogen and oxygen atoms in total. The Labute approximate surface area is 159 Å². The molecule has 0 radical (unpaired) electrons. The maximum atomic E-state index is 12.5. The highest BCUT2D eigenvalue weighted by Crippen LogP contribution is 2.20. The number of para-hydroxylation sites is 1. The predicted molar refractivity (Wildman–Crippen MR) is 104 cm³/mol. The van der Waals surface area contributed by atoms with Gasteiger partial charge in [0, 0.05) is 29.1 Å². The van der Waals surface area contributed by atoms with E-state index in [1.165, 1.54) is 6.20 Å². The quantitative estimate of drug-likeness (QED) is 0.668. The van der Waals surface area contributed by atoms with Crippen LogP contribution in [0.3, 0.4) is 0 Å². The fourth-order valence-corrected chi connectivity index (χ4v) is 2.87. The maximum absolute atomic E-state index is 12.5. The molecule has 2 aromatic carbocycles. The molecule has 2 N–H and O–H groups in total. The molecule has 3 aromatic rings. The van der Waals surface area contributed by atoms with Gasteiger partial charge in [-0.3, -0.25) is 14.6 Å². The van der Waals surface area contributed by atoms with Gasteiger partial charge in [0.1, 0.15) is 0 Å². The van der Waals surface area contributed by atoms with Crippen LogP contribution in [0.25, 0.3) is 0 Å². The zero-order valence-corrected chi connectivity index (χ0v) is 15.4. The molecule has 0 spiro atoms. The molecule has 130 valence electrons. The fourth-order valence-electron chi connectivity index (χ4n) is 2.41. The smallest absolute Gasteiger partial charge is 0.256 e. The largest absolute Gasteiger partial charge is 0.348 e. The highest BCUT2D eigenvalue weighted by Gasteiger charge is 2.12. The third-order valence-corrected chi connectivity index (χ3v) is 4.44. The highest BCUT2D eigenvalue weighted by molar-refractivity contribution is 9.10. The van der Waals surface area contributed by atoms with Crippen LogP contribution < -0.4 is 10.6 Å². The zero-order valence-electron chi connectivity index (χ0n) is 13.8. The minimum Gasteiger partial charge on any atom is -0.348 e. The summed E-state index contributed by atoms with van der Waals surface area (Å²) in [6.07, 6.45) is 3.12. The molecule has 26 heavy (non-hydrogen) atoms. The molecule has 0 saturated heterocycles. The van der Waals surface area contributed by atoms with Crippen molar-refractivity contribution < 1.29 is 9.59 Å². The Morgan fingerprint density at radius 2 is 1.69 bits per heavy atom. The lowest BCUT2D eigenvalue weighted by Gasteiger charge is -2.12. The second kappa shape index (κ2) is 8.40. The van der Waals surface area contributed by atoms with Gasteiger partial charge >= 0.3 is 0 Å². The standard InChI is InChI=1S/C20H16BrN3O2/c21-17-9-3-2-8-16(17)20(26)24-18-10-4-1-6-14(18)13-23-19(25)15-7-5-11-22-12-15/h1-12H,13H2,(H,23,25)(H,24,26). The van der Waals surface area contributed by atoms with Crippen LogP contribution in [-0.4, -0.2) is 16.8 Å². The first-order chi connectivity index (χ1) is 12.6. The second-order valence-corrected chi connectivity index (χ2v) is 6.37. The van der Waals surface area contributed by atoms with Crippen molar-refractivity contribution in [1.82, 2.24) is 10.3 Å². The molecule has 0 atom stereocenters. The van der Waals surface area contributed by atoms with E-state index in [4.69, 9.17) is 0 Å². The Morgan fingerprint density at radius 3 is 2.46 bits per heavy atom. The summed E-state index contributed by atoms with van der Waals surface area (Å²) in [5.41, 5.74) is 2.49. The fraction of sp³-hybridized carbons (Fsp3) is 0.0500. The zero-order chi connectivity index (χ0) is 18.4. The summed E-state index contributed by atoms with van der Waals surface area (Å²) in [6, 6.07) is 18.0. The molecule has 0 fully saturated rings. The second-order valence-electron chi connectivity index (χ2n) is 5.52. The average molecular weight is 410 g/mol. The molecular weight excluding hydrogens is 394 g/mol. The Kier molecular flexibility index (Phi) is 5.76. The van der Waals surface area contributed by atoms with Crippen LogP contribution in [0.1, 0.15) is 26.3 Å². The van der Waals surface area contributed by atoms with E-state index in [-0.39, 0.29) is 11.8 Å². The van der Waals surface area contributed by atoms with Crippen LogP contribution in [0.15, 0.2) is 77.5 Å². The first-order valence-corrected chi connectivity index (χ1v) is 8.76. The number of pyridine rings is 1. The summed E-state index contributed by atoms with van der Waals surface area (Å²) in [4.78, 5) is 28.6. The lowest BCUT2D eigenvalue weighted by molar-refractivity contribution is 0.0950.